The fourth-order valence-electron chi connectivity index (χ4n) is 2.02. The van der Waals surface area contributed by atoms with Crippen molar-refractivity contribution >= 4 is 33.1 Å². The van der Waals surface area contributed by atoms with Crippen molar-refractivity contribution in [2.45, 2.75) is 44.9 Å². The number of nitrogens with zero attached hydrogens (tertiary/aromatic N) is 1. The van der Waals surface area contributed by atoms with Crippen LogP contribution in [0.25, 0.3) is 5.57 Å². The zero-order valence-electron chi connectivity index (χ0n) is 11.7. The van der Waals surface area contributed by atoms with E-state index >= 15 is 0 Å². The normalized spacial score (nSPS) is 13.1. The van der Waals surface area contributed by atoms with Gasteiger partial charge in [0.1, 0.15) is 5.82 Å². The molecule has 0 fully saturated rings. The summed E-state index contributed by atoms with van der Waals surface area (Å²) < 4.78 is 14.4. The van der Waals surface area contributed by atoms with Crippen molar-refractivity contribution < 1.29 is 4.39 Å². The van der Waals surface area contributed by atoms with E-state index in [2.05, 4.69) is 28.1 Å². The lowest BCUT2D eigenvalue weighted by Gasteiger charge is -2.13. The van der Waals surface area contributed by atoms with Gasteiger partial charge in [0.15, 0.2) is 0 Å². The lowest BCUT2D eigenvalue weighted by molar-refractivity contribution is 0.618. The third-order valence-corrected chi connectivity index (χ3v) is 4.00. The number of rotatable bonds is 6. The highest BCUT2D eigenvalue weighted by Crippen LogP contribution is 2.32. The average molecular weight is 359 g/mol. The first-order valence-electron chi connectivity index (χ1n) is 6.67. The fourth-order valence-corrected chi connectivity index (χ4v) is 2.61. The van der Waals surface area contributed by atoms with Crippen LogP contribution in [0.5, 0.6) is 0 Å². The Hall–Kier alpha value is -0.850. The Balaban J connectivity index is 3.18. The monoisotopic (exact) mass is 357 g/mol. The molecule has 4 heteroatoms. The Labute approximate surface area is 133 Å². The minimum atomic E-state index is -0.325. The molecule has 0 radical (unpaired) electrons. The first kappa shape index (κ1) is 17.2. The van der Waals surface area contributed by atoms with Gasteiger partial charge in [-0.05, 0) is 70.9 Å². The first-order chi connectivity index (χ1) is 9.49. The van der Waals surface area contributed by atoms with E-state index < -0.39 is 0 Å². The maximum absolute atomic E-state index is 14.0. The number of nitriles is 1. The van der Waals surface area contributed by atoms with Crippen LogP contribution >= 0.6 is 27.5 Å². The Kier molecular flexibility index (Phi) is 7.26. The summed E-state index contributed by atoms with van der Waals surface area (Å²) in [4.78, 5) is 0. The minimum Gasteiger partial charge on any atom is -0.206 e. The molecule has 1 rings (SSSR count). The first-order valence-corrected chi connectivity index (χ1v) is 7.90. The van der Waals surface area contributed by atoms with Gasteiger partial charge in [0.05, 0.1) is 17.0 Å². The predicted octanol–water partition coefficient (Wildman–Crippen LogP) is 5.86. The standard InChI is InChI=1S/C16H18BrClFN/c1-3-4-13(6-5-11(2)18)14-9-12(7-8-20)10-15(19)16(14)17/h4,9-11H,3,5-7H2,1-2H3. The number of benzene rings is 1. The van der Waals surface area contributed by atoms with Gasteiger partial charge in [-0.3, -0.25) is 0 Å². The summed E-state index contributed by atoms with van der Waals surface area (Å²) in [6.07, 6.45) is 4.82. The predicted molar refractivity (Wildman–Crippen MR) is 86.2 cm³/mol. The van der Waals surface area contributed by atoms with E-state index in [1.165, 1.54) is 6.07 Å². The van der Waals surface area contributed by atoms with Gasteiger partial charge in [0.2, 0.25) is 0 Å². The maximum Gasteiger partial charge on any atom is 0.138 e. The van der Waals surface area contributed by atoms with E-state index in [9.17, 15) is 4.39 Å². The zero-order valence-corrected chi connectivity index (χ0v) is 14.1. The molecule has 0 aliphatic carbocycles. The van der Waals surface area contributed by atoms with Crippen LogP contribution in [-0.2, 0) is 6.42 Å². The highest BCUT2D eigenvalue weighted by atomic mass is 79.9. The van der Waals surface area contributed by atoms with Crippen LogP contribution < -0.4 is 0 Å². The van der Waals surface area contributed by atoms with Crippen LogP contribution in [0.2, 0.25) is 0 Å². The molecule has 0 aromatic heterocycles. The number of hydrogen-bond donors (Lipinski definition) is 0. The van der Waals surface area contributed by atoms with E-state index in [4.69, 9.17) is 16.9 Å². The second-order valence-electron chi connectivity index (χ2n) is 4.73. The number of halogens is 3. The molecule has 0 N–H and O–H groups in total. The summed E-state index contributed by atoms with van der Waals surface area (Å²) in [5.41, 5.74) is 2.60. The molecule has 1 aromatic carbocycles. The summed E-state index contributed by atoms with van der Waals surface area (Å²) in [5, 5.41) is 8.86. The second kappa shape index (κ2) is 8.44. The van der Waals surface area contributed by atoms with E-state index in [0.717, 1.165) is 30.4 Å². The molecule has 0 aliphatic heterocycles. The van der Waals surface area contributed by atoms with Crippen molar-refractivity contribution in [2.75, 3.05) is 0 Å². The maximum atomic E-state index is 14.0. The van der Waals surface area contributed by atoms with Crippen LogP contribution in [0.3, 0.4) is 0 Å². The van der Waals surface area contributed by atoms with Crippen molar-refractivity contribution in [3.8, 4) is 6.07 Å². The van der Waals surface area contributed by atoms with Gasteiger partial charge >= 0.3 is 0 Å². The van der Waals surface area contributed by atoms with Crippen molar-refractivity contribution in [3.63, 3.8) is 0 Å². The molecule has 0 heterocycles. The van der Waals surface area contributed by atoms with Gasteiger partial charge in [-0.2, -0.15) is 5.26 Å². The highest BCUT2D eigenvalue weighted by Gasteiger charge is 2.13. The van der Waals surface area contributed by atoms with Gasteiger partial charge in [0, 0.05) is 5.38 Å². The Morgan fingerprint density at radius 2 is 2.25 bits per heavy atom. The van der Waals surface area contributed by atoms with Crippen LogP contribution in [0.4, 0.5) is 4.39 Å². The lowest BCUT2D eigenvalue weighted by atomic mass is 9.96. The summed E-state index contributed by atoms with van der Waals surface area (Å²) in [7, 11) is 0. The number of alkyl halides is 1. The Morgan fingerprint density at radius 1 is 1.55 bits per heavy atom. The topological polar surface area (TPSA) is 23.8 Å². The largest absolute Gasteiger partial charge is 0.206 e. The molecule has 1 unspecified atom stereocenters. The number of hydrogen-bond acceptors (Lipinski definition) is 1. The van der Waals surface area contributed by atoms with Crippen LogP contribution in [0.15, 0.2) is 22.7 Å². The highest BCUT2D eigenvalue weighted by molar-refractivity contribution is 9.10. The third-order valence-electron chi connectivity index (χ3n) is 2.98. The third kappa shape index (κ3) is 4.92. The minimum absolute atomic E-state index is 0.0844. The summed E-state index contributed by atoms with van der Waals surface area (Å²) in [6, 6.07) is 5.35. The number of allylic oxidation sites excluding steroid dienone is 2. The van der Waals surface area contributed by atoms with Gasteiger partial charge in [0.25, 0.3) is 0 Å². The van der Waals surface area contributed by atoms with Gasteiger partial charge in [-0.15, -0.1) is 11.6 Å². The van der Waals surface area contributed by atoms with Crippen molar-refractivity contribution in [3.05, 3.63) is 39.6 Å². The van der Waals surface area contributed by atoms with Gasteiger partial charge < -0.3 is 0 Å². The second-order valence-corrected chi connectivity index (χ2v) is 6.27. The van der Waals surface area contributed by atoms with E-state index in [1.54, 1.807) is 0 Å². The molecule has 20 heavy (non-hydrogen) atoms. The molecule has 0 saturated carbocycles. The summed E-state index contributed by atoms with van der Waals surface area (Å²) in [6.45, 7) is 4.00. The summed E-state index contributed by atoms with van der Waals surface area (Å²) >= 11 is 9.32. The van der Waals surface area contributed by atoms with Crippen LogP contribution in [0.1, 0.15) is 44.2 Å². The van der Waals surface area contributed by atoms with E-state index in [-0.39, 0.29) is 17.6 Å². The molecule has 0 saturated heterocycles. The lowest BCUT2D eigenvalue weighted by Crippen LogP contribution is -1.97. The van der Waals surface area contributed by atoms with Crippen LogP contribution in [-0.4, -0.2) is 5.38 Å². The van der Waals surface area contributed by atoms with Gasteiger partial charge in [-0.25, -0.2) is 4.39 Å². The van der Waals surface area contributed by atoms with Crippen LogP contribution in [0, 0.1) is 17.1 Å². The van der Waals surface area contributed by atoms with Crippen molar-refractivity contribution in [1.29, 1.82) is 5.26 Å². The molecule has 0 bridgehead atoms. The Bertz CT molecular complexity index is 532. The molecule has 1 atom stereocenters. The molecule has 0 spiro atoms. The van der Waals surface area contributed by atoms with Gasteiger partial charge in [-0.1, -0.05) is 13.0 Å². The zero-order chi connectivity index (χ0) is 15.1. The quantitative estimate of drug-likeness (QED) is 0.585. The molecule has 1 nitrogen and oxygen atoms in total. The smallest absolute Gasteiger partial charge is 0.138 e. The fraction of sp³-hybridized carbons (Fsp3) is 0.438. The molecular formula is C16H18BrClFN. The van der Waals surface area contributed by atoms with E-state index in [1.807, 2.05) is 19.9 Å². The molecule has 108 valence electrons. The molecule has 0 aliphatic rings. The summed E-state index contributed by atoms with van der Waals surface area (Å²) in [5.74, 6) is -0.325. The average Bonchev–Trinajstić information content (AvgIpc) is 2.39. The van der Waals surface area contributed by atoms with Crippen molar-refractivity contribution in [2.24, 2.45) is 0 Å². The molecule has 1 aromatic rings. The molecule has 0 amide bonds. The van der Waals surface area contributed by atoms with E-state index in [0.29, 0.717) is 10.0 Å². The van der Waals surface area contributed by atoms with Crippen molar-refractivity contribution in [1.82, 2.24) is 0 Å². The SMILES string of the molecule is CCC=C(CCC(C)Cl)c1cc(CC#N)cc(F)c1Br. The Morgan fingerprint density at radius 3 is 2.80 bits per heavy atom. The molecular weight excluding hydrogens is 341 g/mol.